The fraction of sp³-hybridized carbons (Fsp3) is 0.435. The molecule has 1 fully saturated rings. The lowest BCUT2D eigenvalue weighted by atomic mass is 10.1. The Bertz CT molecular complexity index is 1040. The van der Waals surface area contributed by atoms with Crippen molar-refractivity contribution >= 4 is 35.1 Å². The van der Waals surface area contributed by atoms with E-state index in [0.717, 1.165) is 42.3 Å². The Morgan fingerprint density at radius 2 is 2.10 bits per heavy atom. The lowest BCUT2D eigenvalue weighted by molar-refractivity contribution is -0.115. The van der Waals surface area contributed by atoms with Gasteiger partial charge in [0, 0.05) is 35.0 Å². The number of thioether (sulfide) groups is 1. The van der Waals surface area contributed by atoms with Crippen LogP contribution < -0.4 is 5.32 Å². The Hall–Kier alpha value is -2.58. The molecular formula is C23H26N2O5S. The van der Waals surface area contributed by atoms with Gasteiger partial charge < -0.3 is 19.4 Å². The highest BCUT2D eigenvalue weighted by Crippen LogP contribution is 2.36. The second kappa shape index (κ2) is 8.88. The summed E-state index contributed by atoms with van der Waals surface area (Å²) in [7, 11) is 0. The van der Waals surface area contributed by atoms with Crippen LogP contribution in [0.15, 0.2) is 29.2 Å². The van der Waals surface area contributed by atoms with Crippen LogP contribution in [0.25, 0.3) is 0 Å². The number of carbonyl (C=O) groups excluding carboxylic acids is 3. The molecule has 2 atom stereocenters. The number of ether oxygens (including phenoxy) is 2. The second-order valence-electron chi connectivity index (χ2n) is 7.99. The highest BCUT2D eigenvalue weighted by molar-refractivity contribution is 8.00. The minimum Gasteiger partial charge on any atom is -0.454 e. The summed E-state index contributed by atoms with van der Waals surface area (Å²) in [5.74, 6) is -0.936. The lowest BCUT2D eigenvalue weighted by Crippen LogP contribution is -2.26. The van der Waals surface area contributed by atoms with E-state index in [2.05, 4.69) is 9.88 Å². The molecule has 1 amide bonds. The number of Topliss-reactive ketones (excluding diaryl/α,β-unsaturated/α-hetero) is 1. The molecule has 2 aliphatic rings. The molecule has 0 saturated carbocycles. The third-order valence-corrected chi connectivity index (χ3v) is 6.94. The SMILES string of the molecule is Cc1cc(C(=O)COC(=O)c2ccc3c(c2)NC(=O)[C@@H](C)S3)c(C)n1C[C@@H]1CCCO1. The van der Waals surface area contributed by atoms with Gasteiger partial charge in [-0.05, 0) is 57.9 Å². The van der Waals surface area contributed by atoms with Crippen molar-refractivity contribution in [2.45, 2.75) is 56.4 Å². The fourth-order valence-corrected chi connectivity index (χ4v) is 4.91. The first-order chi connectivity index (χ1) is 14.8. The molecule has 8 heteroatoms. The van der Waals surface area contributed by atoms with Gasteiger partial charge >= 0.3 is 5.97 Å². The number of fused-ring (bicyclic) bond motifs is 1. The number of aryl methyl sites for hydroxylation is 1. The number of rotatable bonds is 6. The number of ketones is 1. The molecule has 4 rings (SSSR count). The average Bonchev–Trinajstić information content (AvgIpc) is 3.36. The zero-order chi connectivity index (χ0) is 22.1. The van der Waals surface area contributed by atoms with Crippen LogP contribution >= 0.6 is 11.8 Å². The largest absolute Gasteiger partial charge is 0.454 e. The number of nitrogens with zero attached hydrogens (tertiary/aromatic N) is 1. The molecule has 1 aromatic heterocycles. The summed E-state index contributed by atoms with van der Waals surface area (Å²) in [6.45, 7) is 6.87. The molecular weight excluding hydrogens is 416 g/mol. The zero-order valence-corrected chi connectivity index (χ0v) is 18.7. The summed E-state index contributed by atoms with van der Waals surface area (Å²) < 4.78 is 13.1. The van der Waals surface area contributed by atoms with Crippen molar-refractivity contribution in [3.05, 3.63) is 46.8 Å². The third-order valence-electron chi connectivity index (χ3n) is 5.76. The van der Waals surface area contributed by atoms with Crippen LogP contribution in [0.4, 0.5) is 5.69 Å². The predicted octanol–water partition coefficient (Wildman–Crippen LogP) is 3.76. The minimum atomic E-state index is -0.595. The van der Waals surface area contributed by atoms with E-state index in [9.17, 15) is 14.4 Å². The summed E-state index contributed by atoms with van der Waals surface area (Å²) >= 11 is 1.44. The third kappa shape index (κ3) is 4.55. The summed E-state index contributed by atoms with van der Waals surface area (Å²) in [5.41, 5.74) is 3.29. The molecule has 0 unspecified atom stereocenters. The van der Waals surface area contributed by atoms with Crippen molar-refractivity contribution in [1.29, 1.82) is 0 Å². The fourth-order valence-electron chi connectivity index (χ4n) is 3.98. The van der Waals surface area contributed by atoms with E-state index in [1.807, 2.05) is 26.8 Å². The maximum Gasteiger partial charge on any atom is 0.338 e. The molecule has 0 aliphatic carbocycles. The molecule has 1 aromatic carbocycles. The lowest BCUT2D eigenvalue weighted by Gasteiger charge is -2.21. The van der Waals surface area contributed by atoms with Crippen molar-refractivity contribution < 1.29 is 23.9 Å². The summed E-state index contributed by atoms with van der Waals surface area (Å²) in [6, 6.07) is 6.86. The van der Waals surface area contributed by atoms with Gasteiger partial charge in [-0.2, -0.15) is 0 Å². The molecule has 2 aliphatic heterocycles. The Balaban J connectivity index is 1.40. The van der Waals surface area contributed by atoms with E-state index in [4.69, 9.17) is 9.47 Å². The van der Waals surface area contributed by atoms with Gasteiger partial charge in [0.25, 0.3) is 0 Å². The minimum absolute atomic E-state index is 0.100. The number of nitrogens with one attached hydrogen (secondary N) is 1. The van der Waals surface area contributed by atoms with Gasteiger partial charge in [0.1, 0.15) is 0 Å². The van der Waals surface area contributed by atoms with Crippen LogP contribution in [-0.2, 0) is 20.8 Å². The molecule has 164 valence electrons. The van der Waals surface area contributed by atoms with Crippen LogP contribution in [0.1, 0.15) is 51.9 Å². The van der Waals surface area contributed by atoms with Gasteiger partial charge in [-0.3, -0.25) is 9.59 Å². The average molecular weight is 443 g/mol. The standard InChI is InChI=1S/C23H26N2O5S/c1-13-9-18(14(2)25(13)11-17-5-4-8-29-17)20(26)12-30-23(28)16-6-7-21-19(10-16)24-22(27)15(3)31-21/h6-7,9-10,15,17H,4-5,8,11-12H2,1-3H3,(H,24,27)/t15-,17+/m1/s1. The number of carbonyl (C=O) groups is 3. The van der Waals surface area contributed by atoms with E-state index < -0.39 is 5.97 Å². The Morgan fingerprint density at radius 1 is 1.29 bits per heavy atom. The maximum absolute atomic E-state index is 12.7. The maximum atomic E-state index is 12.7. The Morgan fingerprint density at radius 3 is 2.84 bits per heavy atom. The number of aromatic nitrogens is 1. The smallest absolute Gasteiger partial charge is 0.338 e. The van der Waals surface area contributed by atoms with Crippen molar-refractivity contribution in [1.82, 2.24) is 4.57 Å². The number of hydrogen-bond acceptors (Lipinski definition) is 6. The first-order valence-corrected chi connectivity index (χ1v) is 11.3. The van der Waals surface area contributed by atoms with Crippen LogP contribution in [0.3, 0.4) is 0 Å². The van der Waals surface area contributed by atoms with Gasteiger partial charge in [-0.15, -0.1) is 11.8 Å². The predicted molar refractivity (Wildman–Crippen MR) is 118 cm³/mol. The van der Waals surface area contributed by atoms with E-state index in [0.29, 0.717) is 16.8 Å². The normalized spacial score (nSPS) is 20.3. The quantitative estimate of drug-likeness (QED) is 0.542. The van der Waals surface area contributed by atoms with Crippen LogP contribution in [-0.4, -0.2) is 46.8 Å². The number of esters is 1. The molecule has 1 N–H and O–H groups in total. The second-order valence-corrected chi connectivity index (χ2v) is 9.37. The Labute approximate surface area is 185 Å². The van der Waals surface area contributed by atoms with Crippen LogP contribution in [0.5, 0.6) is 0 Å². The molecule has 1 saturated heterocycles. The van der Waals surface area contributed by atoms with Gasteiger partial charge in [0.15, 0.2) is 6.61 Å². The number of anilines is 1. The van der Waals surface area contributed by atoms with Crippen molar-refractivity contribution in [2.75, 3.05) is 18.5 Å². The molecule has 0 bridgehead atoms. The van der Waals surface area contributed by atoms with Crippen LogP contribution in [0.2, 0.25) is 0 Å². The Kier molecular flexibility index (Phi) is 6.20. The van der Waals surface area contributed by atoms with E-state index in [1.54, 1.807) is 18.2 Å². The van der Waals surface area contributed by atoms with E-state index >= 15 is 0 Å². The summed E-state index contributed by atoms with van der Waals surface area (Å²) in [4.78, 5) is 38.0. The zero-order valence-electron chi connectivity index (χ0n) is 17.9. The van der Waals surface area contributed by atoms with Crippen molar-refractivity contribution in [3.8, 4) is 0 Å². The molecule has 0 radical (unpaired) electrons. The molecule has 31 heavy (non-hydrogen) atoms. The van der Waals surface area contributed by atoms with Crippen molar-refractivity contribution in [2.24, 2.45) is 0 Å². The number of hydrogen-bond donors (Lipinski definition) is 1. The molecule has 0 spiro atoms. The molecule has 2 aromatic rings. The van der Waals surface area contributed by atoms with Crippen LogP contribution in [0, 0.1) is 13.8 Å². The number of benzene rings is 1. The van der Waals surface area contributed by atoms with Gasteiger partial charge in [-0.25, -0.2) is 4.79 Å². The highest BCUT2D eigenvalue weighted by Gasteiger charge is 2.25. The highest BCUT2D eigenvalue weighted by atomic mass is 32.2. The topological polar surface area (TPSA) is 86.6 Å². The van der Waals surface area contributed by atoms with E-state index in [-0.39, 0.29) is 29.7 Å². The van der Waals surface area contributed by atoms with Gasteiger partial charge in [-0.1, -0.05) is 0 Å². The summed E-state index contributed by atoms with van der Waals surface area (Å²) in [6.07, 6.45) is 2.27. The van der Waals surface area contributed by atoms with E-state index in [1.165, 1.54) is 11.8 Å². The van der Waals surface area contributed by atoms with Gasteiger partial charge in [0.2, 0.25) is 11.7 Å². The first kappa shape index (κ1) is 21.6. The van der Waals surface area contributed by atoms with Crippen molar-refractivity contribution in [3.63, 3.8) is 0 Å². The molecule has 3 heterocycles. The molecule has 7 nitrogen and oxygen atoms in total. The summed E-state index contributed by atoms with van der Waals surface area (Å²) in [5, 5.41) is 2.62. The monoisotopic (exact) mass is 442 g/mol. The van der Waals surface area contributed by atoms with Gasteiger partial charge in [0.05, 0.1) is 22.6 Å². The number of amides is 1. The first-order valence-electron chi connectivity index (χ1n) is 10.4.